The number of allylic oxidation sites excluding steroid dienone is 3. The van der Waals surface area contributed by atoms with E-state index in [-0.39, 0.29) is 48.4 Å². The molecule has 4 aromatic rings. The minimum atomic E-state index is -1.52. The molecule has 0 bridgehead atoms. The van der Waals surface area contributed by atoms with Gasteiger partial charge in [0.2, 0.25) is 17.6 Å². The van der Waals surface area contributed by atoms with E-state index < -0.39 is 52.6 Å². The zero-order valence-corrected chi connectivity index (χ0v) is 30.8. The first kappa shape index (κ1) is 35.6. The molecule has 6 atom stereocenters. The van der Waals surface area contributed by atoms with E-state index in [2.05, 4.69) is 5.43 Å². The Kier molecular flexibility index (Phi) is 9.06. The van der Waals surface area contributed by atoms with Crippen molar-refractivity contribution in [3.8, 4) is 17.2 Å². The van der Waals surface area contributed by atoms with E-state index in [1.54, 1.807) is 42.5 Å². The number of carbonyl (C=O) groups is 4. The van der Waals surface area contributed by atoms with Crippen molar-refractivity contribution < 1.29 is 38.1 Å². The fourth-order valence-corrected chi connectivity index (χ4v) is 9.72. The fraction of sp³-hybridized carbons (Fsp3) is 0.268. The highest BCUT2D eigenvalue weighted by Crippen LogP contribution is 2.61. The topological polar surface area (TPSA) is 125 Å². The molecule has 2 saturated heterocycles. The highest BCUT2D eigenvalue weighted by molar-refractivity contribution is 7.09. The molecule has 1 saturated carbocycles. The molecule has 13 heteroatoms. The van der Waals surface area contributed by atoms with Gasteiger partial charge < -0.3 is 14.6 Å². The maximum atomic E-state index is 15.2. The average molecular weight is 768 g/mol. The molecule has 4 amide bonds. The van der Waals surface area contributed by atoms with Crippen molar-refractivity contribution in [1.82, 2.24) is 9.91 Å². The van der Waals surface area contributed by atoms with E-state index in [9.17, 15) is 23.9 Å². The Morgan fingerprint density at radius 1 is 0.963 bits per heavy atom. The lowest BCUT2D eigenvalue weighted by molar-refractivity contribution is -0.141. The first-order valence-electron chi connectivity index (χ1n) is 17.4. The molecule has 3 heterocycles. The zero-order valence-electron chi connectivity index (χ0n) is 29.2. The lowest BCUT2D eigenvalue weighted by Gasteiger charge is -2.49. The van der Waals surface area contributed by atoms with Crippen LogP contribution in [0.5, 0.6) is 17.2 Å². The summed E-state index contributed by atoms with van der Waals surface area (Å²) in [6.45, 7) is 0.170. The van der Waals surface area contributed by atoms with Gasteiger partial charge in [-0.2, -0.15) is 5.01 Å². The smallest absolute Gasteiger partial charge is 0.260 e. The van der Waals surface area contributed by atoms with Gasteiger partial charge >= 0.3 is 0 Å². The Hall–Kier alpha value is -5.46. The summed E-state index contributed by atoms with van der Waals surface area (Å²) in [6, 6.07) is 19.2. The summed E-state index contributed by atoms with van der Waals surface area (Å²) in [5.74, 6) is -5.55. The number of nitrogens with zero attached hydrogens (tertiary/aromatic N) is 2. The van der Waals surface area contributed by atoms with Crippen LogP contribution in [0, 0.1) is 35.4 Å². The summed E-state index contributed by atoms with van der Waals surface area (Å²) in [5, 5.41) is 13.9. The van der Waals surface area contributed by atoms with Crippen LogP contribution < -0.4 is 14.9 Å². The molecule has 1 aromatic heterocycles. The van der Waals surface area contributed by atoms with Gasteiger partial charge in [-0.15, -0.1) is 11.3 Å². The summed E-state index contributed by atoms with van der Waals surface area (Å²) in [5.41, 5.74) is 3.65. The van der Waals surface area contributed by atoms with Gasteiger partial charge in [0.15, 0.2) is 11.5 Å². The highest BCUT2D eigenvalue weighted by Gasteiger charge is 2.69. The first-order valence-corrected chi connectivity index (χ1v) is 18.7. The number of nitrogens with one attached hydrogen (secondary N) is 1. The largest absolute Gasteiger partial charge is 0.502 e. The van der Waals surface area contributed by atoms with Crippen molar-refractivity contribution in [3.05, 3.63) is 123 Å². The molecular formula is C41H35ClFN3O7S. The number of imide groups is 2. The van der Waals surface area contributed by atoms with Gasteiger partial charge in [-0.05, 0) is 89.9 Å². The van der Waals surface area contributed by atoms with Gasteiger partial charge in [-0.1, -0.05) is 53.6 Å². The van der Waals surface area contributed by atoms with Gasteiger partial charge in [0.25, 0.3) is 11.8 Å². The van der Waals surface area contributed by atoms with Crippen molar-refractivity contribution in [2.45, 2.75) is 24.8 Å². The normalized spacial score (nSPS) is 26.1. The van der Waals surface area contributed by atoms with Crippen LogP contribution in [0.4, 0.5) is 10.1 Å². The van der Waals surface area contributed by atoms with Crippen molar-refractivity contribution in [2.24, 2.45) is 29.6 Å². The quantitative estimate of drug-likeness (QED) is 0.138. The van der Waals surface area contributed by atoms with E-state index in [0.717, 1.165) is 15.5 Å². The Balaban J connectivity index is 1.30. The van der Waals surface area contributed by atoms with E-state index in [1.807, 2.05) is 29.7 Å². The second-order valence-corrected chi connectivity index (χ2v) is 15.4. The SMILES string of the molecule is COc1cc(C=CC2C3=CCC4C(=O)N(Cc5cccs5)C(=O)C4C3CC3C(=O)N(Nc4ccc(F)cc4)C(=O)C23c2ccc(Cl)cc2)cc(OC)c1O. The number of carbonyl (C=O) groups excluding carboxylic acids is 4. The molecule has 276 valence electrons. The standard InChI is InChI=1S/C41H35ClFN3O7S/c1-52-33-18-22(19-34(53-2)36(33)47)5-16-31-28-14-15-29-35(39(50)45(37(29)48)21-27-4-3-17-54-27)30(28)20-32-38(49)46(44-26-12-10-25(43)11-13-26)40(51)41(31,32)23-6-8-24(42)9-7-23/h3-14,16-19,29-32,35,44,47H,15,20-21H2,1-2H3. The summed E-state index contributed by atoms with van der Waals surface area (Å²) in [7, 11) is 2.84. The van der Waals surface area contributed by atoms with Crippen molar-refractivity contribution in [1.29, 1.82) is 0 Å². The zero-order chi connectivity index (χ0) is 37.9. The Morgan fingerprint density at radius 2 is 1.67 bits per heavy atom. The Bertz CT molecular complexity index is 2200. The monoisotopic (exact) mass is 767 g/mol. The Labute approximate surface area is 319 Å². The molecule has 0 spiro atoms. The van der Waals surface area contributed by atoms with Crippen LogP contribution in [0.15, 0.2) is 95.9 Å². The lowest BCUT2D eigenvalue weighted by atomic mass is 9.50. The van der Waals surface area contributed by atoms with Crippen molar-refractivity contribution in [3.63, 3.8) is 0 Å². The predicted octanol–water partition coefficient (Wildman–Crippen LogP) is 6.99. The predicted molar refractivity (Wildman–Crippen MR) is 200 cm³/mol. The van der Waals surface area contributed by atoms with E-state index >= 15 is 4.79 Å². The van der Waals surface area contributed by atoms with E-state index in [0.29, 0.717) is 21.8 Å². The first-order chi connectivity index (χ1) is 26.1. The van der Waals surface area contributed by atoms with Gasteiger partial charge in [-0.3, -0.25) is 29.5 Å². The summed E-state index contributed by atoms with van der Waals surface area (Å²) in [6.07, 6.45) is 6.01. The molecule has 2 aliphatic heterocycles. The van der Waals surface area contributed by atoms with Crippen LogP contribution in [0.25, 0.3) is 6.08 Å². The molecule has 54 heavy (non-hydrogen) atoms. The molecular weight excluding hydrogens is 733 g/mol. The molecule has 10 nitrogen and oxygen atoms in total. The fourth-order valence-electron chi connectivity index (χ4n) is 8.90. The van der Waals surface area contributed by atoms with Crippen LogP contribution in [0.2, 0.25) is 5.02 Å². The summed E-state index contributed by atoms with van der Waals surface area (Å²) < 4.78 is 24.7. The molecule has 0 radical (unpaired) electrons. The number of rotatable bonds is 9. The molecule has 3 fully saturated rings. The third kappa shape index (κ3) is 5.58. The lowest BCUT2D eigenvalue weighted by Crippen LogP contribution is -2.54. The van der Waals surface area contributed by atoms with Gasteiger partial charge in [0.05, 0.1) is 49.6 Å². The number of phenols is 1. The maximum Gasteiger partial charge on any atom is 0.260 e. The van der Waals surface area contributed by atoms with Crippen LogP contribution in [0.3, 0.4) is 0 Å². The number of likely N-dealkylation sites (tertiary alicyclic amines) is 1. The number of aromatic hydroxyl groups is 1. The maximum absolute atomic E-state index is 15.2. The van der Waals surface area contributed by atoms with Crippen LogP contribution in [0.1, 0.15) is 28.8 Å². The number of methoxy groups -OCH3 is 2. The third-order valence-corrected chi connectivity index (χ3v) is 12.4. The molecule has 3 aromatic carbocycles. The third-order valence-electron chi connectivity index (χ3n) is 11.3. The van der Waals surface area contributed by atoms with Gasteiger partial charge in [0, 0.05) is 15.8 Å². The highest BCUT2D eigenvalue weighted by atomic mass is 35.5. The minimum Gasteiger partial charge on any atom is -0.502 e. The number of phenolic OH excluding ortho intramolecular Hbond substituents is 1. The number of anilines is 1. The number of hydrogen-bond donors (Lipinski definition) is 2. The van der Waals surface area contributed by atoms with Crippen molar-refractivity contribution in [2.75, 3.05) is 19.6 Å². The number of benzene rings is 3. The van der Waals surface area contributed by atoms with Crippen LogP contribution >= 0.6 is 22.9 Å². The number of halogens is 2. The number of ether oxygens (including phenoxy) is 2. The number of thiophene rings is 1. The van der Waals surface area contributed by atoms with Crippen LogP contribution in [-0.4, -0.2) is 52.9 Å². The van der Waals surface area contributed by atoms with Crippen LogP contribution in [-0.2, 0) is 31.1 Å². The molecule has 4 aliphatic rings. The number of hydrogen-bond acceptors (Lipinski definition) is 9. The Morgan fingerprint density at radius 3 is 2.31 bits per heavy atom. The number of amides is 4. The van der Waals surface area contributed by atoms with Gasteiger partial charge in [-0.25, -0.2) is 4.39 Å². The van der Waals surface area contributed by atoms with Gasteiger partial charge in [0.1, 0.15) is 5.82 Å². The number of fused-ring (bicyclic) bond motifs is 4. The second-order valence-electron chi connectivity index (χ2n) is 13.9. The number of hydrazine groups is 1. The molecule has 8 rings (SSSR count). The van der Waals surface area contributed by atoms with E-state index in [4.69, 9.17) is 21.1 Å². The minimum absolute atomic E-state index is 0.124. The molecule has 2 aliphatic carbocycles. The summed E-state index contributed by atoms with van der Waals surface area (Å²) >= 11 is 7.84. The molecule has 6 unspecified atom stereocenters. The summed E-state index contributed by atoms with van der Waals surface area (Å²) in [4.78, 5) is 60.4. The average Bonchev–Trinajstić information content (AvgIpc) is 3.84. The van der Waals surface area contributed by atoms with Crippen molar-refractivity contribution >= 4 is 58.3 Å². The molecule has 2 N–H and O–H groups in total. The second kappa shape index (κ2) is 13.7. The van der Waals surface area contributed by atoms with E-state index in [1.165, 1.54) is 54.7 Å².